The maximum absolute atomic E-state index is 12.0. The summed E-state index contributed by atoms with van der Waals surface area (Å²) in [6.45, 7) is 2.84. The number of nitrogens with one attached hydrogen (secondary N) is 1. The molecule has 2 rings (SSSR count). The summed E-state index contributed by atoms with van der Waals surface area (Å²) in [7, 11) is 0. The van der Waals surface area contributed by atoms with E-state index in [9.17, 15) is 4.79 Å². The average Bonchev–Trinajstić information content (AvgIpc) is 2.69. The van der Waals surface area contributed by atoms with Gasteiger partial charge in [-0.1, -0.05) is 43.7 Å². The number of rotatable bonds is 6. The van der Waals surface area contributed by atoms with Crippen LogP contribution in [0.4, 0.5) is 0 Å². The number of H-pyrrole nitrogens is 1. The summed E-state index contributed by atoms with van der Waals surface area (Å²) < 4.78 is 2.40. The van der Waals surface area contributed by atoms with E-state index in [0.29, 0.717) is 4.47 Å². The van der Waals surface area contributed by atoms with Gasteiger partial charge in [-0.2, -0.15) is 0 Å². The molecule has 102 valence electrons. The van der Waals surface area contributed by atoms with Gasteiger partial charge in [0.2, 0.25) is 0 Å². The van der Waals surface area contributed by atoms with E-state index in [1.807, 2.05) is 18.2 Å². The van der Waals surface area contributed by atoms with Crippen LogP contribution in [-0.4, -0.2) is 9.78 Å². The first-order valence-electron chi connectivity index (χ1n) is 6.73. The van der Waals surface area contributed by atoms with Gasteiger partial charge in [-0.05, 0) is 40.8 Å². The molecule has 0 fully saturated rings. The highest BCUT2D eigenvalue weighted by molar-refractivity contribution is 9.10. The predicted octanol–water partition coefficient (Wildman–Crippen LogP) is 3.52. The molecule has 1 heterocycles. The van der Waals surface area contributed by atoms with Crippen molar-refractivity contribution < 1.29 is 0 Å². The molecular weight excluding hydrogens is 304 g/mol. The Morgan fingerprint density at radius 3 is 2.63 bits per heavy atom. The molecule has 0 saturated heterocycles. The van der Waals surface area contributed by atoms with E-state index in [1.165, 1.54) is 5.56 Å². The summed E-state index contributed by atoms with van der Waals surface area (Å²) in [4.78, 5) is 12.0. The van der Waals surface area contributed by atoms with Gasteiger partial charge in [-0.25, -0.2) is 0 Å². The summed E-state index contributed by atoms with van der Waals surface area (Å²) in [6, 6.07) is 10.4. The Bertz CT molecular complexity index is 572. The monoisotopic (exact) mass is 322 g/mol. The van der Waals surface area contributed by atoms with Gasteiger partial charge in [-0.15, -0.1) is 0 Å². The van der Waals surface area contributed by atoms with Crippen molar-refractivity contribution in [3.8, 4) is 0 Å². The molecule has 0 spiro atoms. The molecule has 0 saturated carbocycles. The molecule has 0 unspecified atom stereocenters. The minimum atomic E-state index is 0.0523. The second-order valence-corrected chi connectivity index (χ2v) is 5.49. The fourth-order valence-electron chi connectivity index (χ4n) is 2.17. The van der Waals surface area contributed by atoms with Crippen LogP contribution in [0.25, 0.3) is 0 Å². The van der Waals surface area contributed by atoms with Gasteiger partial charge in [0.05, 0.1) is 5.69 Å². The van der Waals surface area contributed by atoms with E-state index in [-0.39, 0.29) is 5.56 Å². The fourth-order valence-corrected chi connectivity index (χ4v) is 2.67. The second-order valence-electron chi connectivity index (χ2n) is 4.70. The number of aromatic amines is 1. The normalized spacial score (nSPS) is 10.8. The zero-order chi connectivity index (χ0) is 13.7. The highest BCUT2D eigenvalue weighted by atomic mass is 79.9. The van der Waals surface area contributed by atoms with Crippen molar-refractivity contribution in [1.82, 2.24) is 9.78 Å². The molecule has 0 aliphatic rings. The topological polar surface area (TPSA) is 37.8 Å². The van der Waals surface area contributed by atoms with E-state index in [4.69, 9.17) is 0 Å². The maximum Gasteiger partial charge on any atom is 0.281 e. The Labute approximate surface area is 121 Å². The SMILES string of the molecule is CCCc1[nH]n(CCCc2ccccc2)c(=O)c1Br. The molecule has 1 aromatic heterocycles. The van der Waals surface area contributed by atoms with Gasteiger partial charge < -0.3 is 0 Å². The third-order valence-corrected chi connectivity index (χ3v) is 3.98. The zero-order valence-electron chi connectivity index (χ0n) is 11.2. The van der Waals surface area contributed by atoms with E-state index in [0.717, 1.165) is 37.9 Å². The van der Waals surface area contributed by atoms with Crippen LogP contribution in [0.2, 0.25) is 0 Å². The average molecular weight is 323 g/mol. The van der Waals surface area contributed by atoms with E-state index in [1.54, 1.807) is 4.68 Å². The highest BCUT2D eigenvalue weighted by Gasteiger charge is 2.10. The largest absolute Gasteiger partial charge is 0.299 e. The van der Waals surface area contributed by atoms with Crippen LogP contribution in [0.3, 0.4) is 0 Å². The number of halogens is 1. The van der Waals surface area contributed by atoms with Crippen molar-refractivity contribution >= 4 is 15.9 Å². The molecule has 2 aromatic rings. The van der Waals surface area contributed by atoms with E-state index in [2.05, 4.69) is 40.1 Å². The Kier molecular flexibility index (Phi) is 5.02. The first-order chi connectivity index (χ1) is 9.22. The van der Waals surface area contributed by atoms with E-state index >= 15 is 0 Å². The van der Waals surface area contributed by atoms with E-state index < -0.39 is 0 Å². The smallest absolute Gasteiger partial charge is 0.281 e. The summed E-state index contributed by atoms with van der Waals surface area (Å²) >= 11 is 3.37. The molecular formula is C15H19BrN2O. The molecule has 0 amide bonds. The predicted molar refractivity (Wildman–Crippen MR) is 81.5 cm³/mol. The molecule has 0 bridgehead atoms. The summed E-state index contributed by atoms with van der Waals surface area (Å²) in [5, 5.41) is 3.19. The van der Waals surface area contributed by atoms with Crippen molar-refractivity contribution in [2.24, 2.45) is 0 Å². The Morgan fingerprint density at radius 1 is 1.21 bits per heavy atom. The number of aromatic nitrogens is 2. The third kappa shape index (κ3) is 3.60. The summed E-state index contributed by atoms with van der Waals surface area (Å²) in [6.07, 6.45) is 3.89. The standard InChI is InChI=1S/C15H19BrN2O/c1-2-7-13-14(16)15(19)18(17-13)11-6-10-12-8-4-3-5-9-12/h3-5,8-9,17H,2,6-7,10-11H2,1H3. The van der Waals surface area contributed by atoms with Crippen LogP contribution in [0.15, 0.2) is 39.6 Å². The number of nitrogens with zero attached hydrogens (tertiary/aromatic N) is 1. The lowest BCUT2D eigenvalue weighted by Crippen LogP contribution is -2.17. The first kappa shape index (κ1) is 14.1. The molecule has 4 heteroatoms. The molecule has 0 radical (unpaired) electrons. The quantitative estimate of drug-likeness (QED) is 0.868. The number of benzene rings is 1. The molecule has 1 aromatic carbocycles. The Balaban J connectivity index is 1.96. The Hall–Kier alpha value is -1.29. The molecule has 3 nitrogen and oxygen atoms in total. The molecule has 19 heavy (non-hydrogen) atoms. The van der Waals surface area contributed by atoms with Gasteiger partial charge in [-0.3, -0.25) is 14.6 Å². The number of hydrogen-bond acceptors (Lipinski definition) is 1. The number of hydrogen-bond donors (Lipinski definition) is 1. The van der Waals surface area contributed by atoms with Crippen LogP contribution in [0.5, 0.6) is 0 Å². The van der Waals surface area contributed by atoms with Crippen LogP contribution < -0.4 is 5.56 Å². The third-order valence-electron chi connectivity index (χ3n) is 3.16. The Morgan fingerprint density at radius 2 is 1.95 bits per heavy atom. The van der Waals surface area contributed by atoms with Crippen LogP contribution >= 0.6 is 15.9 Å². The summed E-state index contributed by atoms with van der Waals surface area (Å²) in [5.74, 6) is 0. The highest BCUT2D eigenvalue weighted by Crippen LogP contribution is 2.12. The lowest BCUT2D eigenvalue weighted by Gasteiger charge is -2.02. The number of aryl methyl sites for hydroxylation is 3. The molecule has 1 N–H and O–H groups in total. The minimum absolute atomic E-state index is 0.0523. The van der Waals surface area contributed by atoms with Crippen molar-refractivity contribution in [1.29, 1.82) is 0 Å². The lowest BCUT2D eigenvalue weighted by molar-refractivity contribution is 0.556. The van der Waals surface area contributed by atoms with Crippen molar-refractivity contribution in [2.45, 2.75) is 39.2 Å². The second kappa shape index (κ2) is 6.75. The first-order valence-corrected chi connectivity index (χ1v) is 7.52. The molecule has 0 aliphatic carbocycles. The van der Waals surface area contributed by atoms with Gasteiger partial charge in [0, 0.05) is 6.54 Å². The van der Waals surface area contributed by atoms with Crippen molar-refractivity contribution in [2.75, 3.05) is 0 Å². The van der Waals surface area contributed by atoms with Crippen LogP contribution in [0.1, 0.15) is 31.0 Å². The van der Waals surface area contributed by atoms with Crippen molar-refractivity contribution in [3.05, 3.63) is 56.4 Å². The minimum Gasteiger partial charge on any atom is -0.299 e. The molecule has 0 atom stereocenters. The van der Waals surface area contributed by atoms with Gasteiger partial charge in [0.15, 0.2) is 0 Å². The maximum atomic E-state index is 12.0. The van der Waals surface area contributed by atoms with Gasteiger partial charge in [0.25, 0.3) is 5.56 Å². The molecule has 0 aliphatic heterocycles. The van der Waals surface area contributed by atoms with Gasteiger partial charge in [0.1, 0.15) is 4.47 Å². The zero-order valence-corrected chi connectivity index (χ0v) is 12.7. The summed E-state index contributed by atoms with van der Waals surface area (Å²) in [5.41, 5.74) is 2.37. The van der Waals surface area contributed by atoms with Gasteiger partial charge >= 0.3 is 0 Å². The lowest BCUT2D eigenvalue weighted by atomic mass is 10.1. The fraction of sp³-hybridized carbons (Fsp3) is 0.400. The van der Waals surface area contributed by atoms with Crippen LogP contribution in [-0.2, 0) is 19.4 Å². The van der Waals surface area contributed by atoms with Crippen molar-refractivity contribution in [3.63, 3.8) is 0 Å². The van der Waals surface area contributed by atoms with Crippen LogP contribution in [0, 0.1) is 0 Å².